The van der Waals surface area contributed by atoms with Gasteiger partial charge in [-0.25, -0.2) is 0 Å². The summed E-state index contributed by atoms with van der Waals surface area (Å²) in [6, 6.07) is 4.47. The fourth-order valence-electron chi connectivity index (χ4n) is 2.12. The molecule has 0 saturated heterocycles. The van der Waals surface area contributed by atoms with Crippen molar-refractivity contribution in [2.24, 2.45) is 11.7 Å². The molecule has 0 fully saturated rings. The average Bonchev–Trinajstić information content (AvgIpc) is 2.38. The molecule has 1 aliphatic rings. The highest BCUT2D eigenvalue weighted by atomic mass is 16.5. The van der Waals surface area contributed by atoms with E-state index in [1.807, 2.05) is 0 Å². The Morgan fingerprint density at radius 1 is 1.58 bits per heavy atom. The van der Waals surface area contributed by atoms with Crippen LogP contribution in [0.4, 0.5) is 5.69 Å². The van der Waals surface area contributed by atoms with E-state index in [-0.39, 0.29) is 12.5 Å². The van der Waals surface area contributed by atoms with Gasteiger partial charge in [0.05, 0.1) is 11.6 Å². The van der Waals surface area contributed by atoms with E-state index in [0.717, 1.165) is 0 Å². The van der Waals surface area contributed by atoms with Gasteiger partial charge in [-0.3, -0.25) is 9.59 Å². The zero-order valence-electron chi connectivity index (χ0n) is 10.6. The van der Waals surface area contributed by atoms with Gasteiger partial charge in [0.2, 0.25) is 0 Å². The van der Waals surface area contributed by atoms with Crippen LogP contribution in [-0.2, 0) is 9.59 Å². The van der Waals surface area contributed by atoms with Crippen LogP contribution in [-0.4, -0.2) is 23.6 Å². The first-order valence-electron chi connectivity index (χ1n) is 6.08. The predicted molar refractivity (Wildman–Crippen MR) is 68.9 cm³/mol. The normalized spacial score (nSPS) is 16.8. The number of carboxylic acid groups (broad SMARTS) is 1. The Hall–Kier alpha value is -2.08. The first-order valence-corrected chi connectivity index (χ1v) is 6.08. The van der Waals surface area contributed by atoms with Crippen LogP contribution < -0.4 is 15.8 Å². The maximum absolute atomic E-state index is 11.2. The molecule has 0 bridgehead atoms. The number of fused-ring (bicyclic) bond motifs is 1. The van der Waals surface area contributed by atoms with Crippen LogP contribution in [0, 0.1) is 5.92 Å². The first-order chi connectivity index (χ1) is 9.02. The molecular formula is C13H16N2O4. The Morgan fingerprint density at radius 2 is 2.32 bits per heavy atom. The smallest absolute Gasteiger partial charge is 0.308 e. The monoisotopic (exact) mass is 264 g/mol. The molecule has 0 saturated carbocycles. The second-order valence-corrected chi connectivity index (χ2v) is 4.47. The molecule has 6 nitrogen and oxygen atoms in total. The van der Waals surface area contributed by atoms with Crippen LogP contribution >= 0.6 is 0 Å². The van der Waals surface area contributed by atoms with Gasteiger partial charge in [-0.05, 0) is 24.1 Å². The average molecular weight is 264 g/mol. The van der Waals surface area contributed by atoms with Gasteiger partial charge in [-0.15, -0.1) is 0 Å². The highest BCUT2D eigenvalue weighted by Gasteiger charge is 2.26. The number of carbonyl (C=O) groups excluding carboxylic acids is 1. The summed E-state index contributed by atoms with van der Waals surface area (Å²) in [5.74, 6) is -1.24. The summed E-state index contributed by atoms with van der Waals surface area (Å²) in [6.07, 6.45) is 0.441. The molecule has 1 amide bonds. The minimum Gasteiger partial charge on any atom is -0.482 e. The zero-order valence-corrected chi connectivity index (χ0v) is 10.6. The Morgan fingerprint density at radius 3 is 2.95 bits per heavy atom. The lowest BCUT2D eigenvalue weighted by Gasteiger charge is -2.22. The van der Waals surface area contributed by atoms with Gasteiger partial charge in [0, 0.05) is 6.04 Å². The minimum absolute atomic E-state index is 0.00882. The lowest BCUT2D eigenvalue weighted by atomic mass is 9.91. The molecule has 1 heterocycles. The molecule has 1 aromatic rings. The molecule has 0 aliphatic carbocycles. The quantitative estimate of drug-likeness (QED) is 0.756. The van der Waals surface area contributed by atoms with E-state index in [9.17, 15) is 9.59 Å². The van der Waals surface area contributed by atoms with Crippen LogP contribution in [0.25, 0.3) is 0 Å². The molecule has 6 heteroatoms. The fourth-order valence-corrected chi connectivity index (χ4v) is 2.12. The maximum atomic E-state index is 11.2. The Bertz CT molecular complexity index is 515. The summed E-state index contributed by atoms with van der Waals surface area (Å²) in [5, 5.41) is 11.8. The number of ether oxygens (including phenoxy) is 1. The number of nitrogens with one attached hydrogen (secondary N) is 1. The van der Waals surface area contributed by atoms with Crippen molar-refractivity contribution in [2.75, 3.05) is 11.9 Å². The third-order valence-electron chi connectivity index (χ3n) is 3.21. The Kier molecular flexibility index (Phi) is 3.71. The van der Waals surface area contributed by atoms with Crippen LogP contribution in [0.2, 0.25) is 0 Å². The van der Waals surface area contributed by atoms with Crippen molar-refractivity contribution < 1.29 is 19.4 Å². The molecular weight excluding hydrogens is 248 g/mol. The second kappa shape index (κ2) is 5.27. The number of rotatable bonds is 4. The number of carboxylic acids is 1. The number of nitrogens with two attached hydrogens (primary N) is 1. The van der Waals surface area contributed by atoms with Gasteiger partial charge in [0.15, 0.2) is 6.61 Å². The molecule has 102 valence electrons. The van der Waals surface area contributed by atoms with Crippen LogP contribution in [0.3, 0.4) is 0 Å². The number of anilines is 1. The van der Waals surface area contributed by atoms with E-state index in [1.165, 1.54) is 0 Å². The molecule has 0 radical (unpaired) electrons. The topological polar surface area (TPSA) is 102 Å². The van der Waals surface area contributed by atoms with Crippen molar-refractivity contribution in [2.45, 2.75) is 19.4 Å². The molecule has 0 spiro atoms. The van der Waals surface area contributed by atoms with Crippen LogP contribution in [0.5, 0.6) is 5.75 Å². The highest BCUT2D eigenvalue weighted by molar-refractivity contribution is 5.95. The highest BCUT2D eigenvalue weighted by Crippen LogP contribution is 2.32. The molecule has 2 rings (SSSR count). The summed E-state index contributed by atoms with van der Waals surface area (Å²) >= 11 is 0. The number of benzene rings is 1. The minimum atomic E-state index is -0.923. The molecule has 0 aromatic heterocycles. The van der Waals surface area contributed by atoms with E-state index < -0.39 is 17.9 Å². The van der Waals surface area contributed by atoms with Crippen LogP contribution in [0.1, 0.15) is 24.9 Å². The SMILES string of the molecule is CCC(C(=O)O)C(N)c1ccc2c(c1)NC(=O)CO2. The van der Waals surface area contributed by atoms with Crippen molar-refractivity contribution >= 4 is 17.6 Å². The van der Waals surface area contributed by atoms with Crippen molar-refractivity contribution in [3.8, 4) is 5.75 Å². The Balaban J connectivity index is 2.28. The van der Waals surface area contributed by atoms with Gasteiger partial charge in [-0.1, -0.05) is 13.0 Å². The molecule has 1 aromatic carbocycles. The van der Waals surface area contributed by atoms with Gasteiger partial charge in [0.25, 0.3) is 5.91 Å². The first kappa shape index (κ1) is 13.4. The lowest BCUT2D eigenvalue weighted by molar-refractivity contribution is -0.142. The lowest BCUT2D eigenvalue weighted by Crippen LogP contribution is -2.29. The number of hydrogen-bond acceptors (Lipinski definition) is 4. The van der Waals surface area contributed by atoms with Crippen LogP contribution in [0.15, 0.2) is 18.2 Å². The molecule has 2 unspecified atom stereocenters. The summed E-state index contributed by atoms with van der Waals surface area (Å²) in [4.78, 5) is 22.4. The molecule has 19 heavy (non-hydrogen) atoms. The number of hydrogen-bond donors (Lipinski definition) is 3. The van der Waals surface area contributed by atoms with Gasteiger partial charge < -0.3 is 20.9 Å². The molecule has 2 atom stereocenters. The van der Waals surface area contributed by atoms with Crippen molar-refractivity contribution in [1.29, 1.82) is 0 Å². The van der Waals surface area contributed by atoms with E-state index in [2.05, 4.69) is 5.32 Å². The van der Waals surface area contributed by atoms with Gasteiger partial charge in [0.1, 0.15) is 5.75 Å². The molecule has 4 N–H and O–H groups in total. The van der Waals surface area contributed by atoms with Crippen molar-refractivity contribution in [3.05, 3.63) is 23.8 Å². The summed E-state index contributed by atoms with van der Waals surface area (Å²) < 4.78 is 5.24. The zero-order chi connectivity index (χ0) is 14.0. The second-order valence-electron chi connectivity index (χ2n) is 4.47. The van der Waals surface area contributed by atoms with Gasteiger partial charge >= 0.3 is 5.97 Å². The fraction of sp³-hybridized carbons (Fsp3) is 0.385. The summed E-state index contributed by atoms with van der Waals surface area (Å²) in [6.45, 7) is 1.77. The maximum Gasteiger partial charge on any atom is 0.308 e. The number of carbonyl (C=O) groups is 2. The Labute approximate surface area is 110 Å². The van der Waals surface area contributed by atoms with E-state index in [0.29, 0.717) is 23.4 Å². The largest absolute Gasteiger partial charge is 0.482 e. The molecule has 1 aliphatic heterocycles. The number of amides is 1. The predicted octanol–water partition coefficient (Wildman–Crippen LogP) is 1.13. The van der Waals surface area contributed by atoms with Crippen molar-refractivity contribution in [1.82, 2.24) is 0 Å². The third-order valence-corrected chi connectivity index (χ3v) is 3.21. The van der Waals surface area contributed by atoms with E-state index >= 15 is 0 Å². The summed E-state index contributed by atoms with van der Waals surface area (Å²) in [7, 11) is 0. The van der Waals surface area contributed by atoms with Crippen molar-refractivity contribution in [3.63, 3.8) is 0 Å². The standard InChI is InChI=1S/C13H16N2O4/c1-2-8(13(17)18)12(14)7-3-4-10-9(5-7)15-11(16)6-19-10/h3-5,8,12H,2,6,14H2,1H3,(H,15,16)(H,17,18). The van der Waals surface area contributed by atoms with E-state index in [1.54, 1.807) is 25.1 Å². The third kappa shape index (κ3) is 2.68. The summed E-state index contributed by atoms with van der Waals surface area (Å²) in [5.41, 5.74) is 7.18. The van der Waals surface area contributed by atoms with Gasteiger partial charge in [-0.2, -0.15) is 0 Å². The van der Waals surface area contributed by atoms with E-state index in [4.69, 9.17) is 15.6 Å². The number of aliphatic carboxylic acids is 1.